The molecule has 0 saturated carbocycles. The maximum Gasteiger partial charge on any atom is 0.254 e. The molecule has 1 heterocycles. The molecular formula is C19H21Cl2N2O+. The van der Waals surface area contributed by atoms with Crippen molar-refractivity contribution in [3.63, 3.8) is 0 Å². The van der Waals surface area contributed by atoms with E-state index in [1.807, 2.05) is 4.90 Å². The number of rotatable bonds is 3. The molecule has 1 aliphatic rings. The van der Waals surface area contributed by atoms with Crippen molar-refractivity contribution in [2.45, 2.75) is 13.5 Å². The van der Waals surface area contributed by atoms with Crippen molar-refractivity contribution in [1.29, 1.82) is 0 Å². The zero-order valence-electron chi connectivity index (χ0n) is 13.7. The van der Waals surface area contributed by atoms with Crippen LogP contribution in [0.1, 0.15) is 21.5 Å². The van der Waals surface area contributed by atoms with Gasteiger partial charge < -0.3 is 9.80 Å². The smallest absolute Gasteiger partial charge is 0.254 e. The van der Waals surface area contributed by atoms with Crippen molar-refractivity contribution < 1.29 is 9.69 Å². The summed E-state index contributed by atoms with van der Waals surface area (Å²) in [5.74, 6) is 0.0310. The summed E-state index contributed by atoms with van der Waals surface area (Å²) in [6.07, 6.45) is 0. The van der Waals surface area contributed by atoms with E-state index in [2.05, 4.69) is 31.2 Å². The third kappa shape index (κ3) is 3.92. The van der Waals surface area contributed by atoms with E-state index in [9.17, 15) is 4.79 Å². The van der Waals surface area contributed by atoms with Crippen LogP contribution in [0.5, 0.6) is 0 Å². The van der Waals surface area contributed by atoms with E-state index in [0.29, 0.717) is 15.6 Å². The standard InChI is InChI=1S/C19H20Cl2N2O/c1-14-4-2-3-5-16(14)13-22-8-10-23(11-9-22)19(24)15-6-7-17(20)18(21)12-15/h2-7,12H,8-11,13H2,1H3/p+1. The van der Waals surface area contributed by atoms with Crippen LogP contribution in [0.15, 0.2) is 42.5 Å². The molecule has 0 bridgehead atoms. The topological polar surface area (TPSA) is 24.8 Å². The van der Waals surface area contributed by atoms with E-state index in [4.69, 9.17) is 23.2 Å². The Balaban J connectivity index is 1.59. The number of nitrogens with one attached hydrogen (secondary N) is 1. The van der Waals surface area contributed by atoms with Crippen LogP contribution in [0.4, 0.5) is 0 Å². The Morgan fingerprint density at radius 3 is 2.46 bits per heavy atom. The molecule has 0 aromatic heterocycles. The van der Waals surface area contributed by atoms with Crippen molar-refractivity contribution in [3.05, 3.63) is 69.2 Å². The van der Waals surface area contributed by atoms with Crippen LogP contribution in [0, 0.1) is 6.92 Å². The number of piperazine rings is 1. The Morgan fingerprint density at radius 1 is 1.08 bits per heavy atom. The maximum absolute atomic E-state index is 12.6. The first-order valence-electron chi connectivity index (χ1n) is 8.17. The summed E-state index contributed by atoms with van der Waals surface area (Å²) in [7, 11) is 0. The van der Waals surface area contributed by atoms with Crippen LogP contribution in [0.25, 0.3) is 0 Å². The second kappa shape index (κ2) is 7.56. The third-order valence-electron chi connectivity index (χ3n) is 4.63. The monoisotopic (exact) mass is 363 g/mol. The van der Waals surface area contributed by atoms with E-state index >= 15 is 0 Å². The van der Waals surface area contributed by atoms with Crippen LogP contribution in [0.2, 0.25) is 10.0 Å². The van der Waals surface area contributed by atoms with Gasteiger partial charge >= 0.3 is 0 Å². The van der Waals surface area contributed by atoms with Crippen LogP contribution in [-0.2, 0) is 6.54 Å². The predicted octanol–water partition coefficient (Wildman–Crippen LogP) is 2.84. The first-order valence-corrected chi connectivity index (χ1v) is 8.92. The van der Waals surface area contributed by atoms with Gasteiger partial charge in [0.05, 0.1) is 36.2 Å². The second-order valence-corrected chi connectivity index (χ2v) is 7.09. The summed E-state index contributed by atoms with van der Waals surface area (Å²) >= 11 is 11.9. The molecular weight excluding hydrogens is 343 g/mol. The lowest BCUT2D eigenvalue weighted by Gasteiger charge is -2.32. The maximum atomic E-state index is 12.6. The summed E-state index contributed by atoms with van der Waals surface area (Å²) in [6, 6.07) is 13.6. The van der Waals surface area contributed by atoms with Gasteiger partial charge in [-0.15, -0.1) is 0 Å². The van der Waals surface area contributed by atoms with Gasteiger partial charge in [-0.05, 0) is 30.7 Å². The number of benzene rings is 2. The van der Waals surface area contributed by atoms with Crippen molar-refractivity contribution >= 4 is 29.1 Å². The van der Waals surface area contributed by atoms with Crippen LogP contribution in [0.3, 0.4) is 0 Å². The Kier molecular flexibility index (Phi) is 5.44. The largest absolute Gasteiger partial charge is 0.328 e. The molecule has 1 N–H and O–H groups in total. The van der Waals surface area contributed by atoms with E-state index < -0.39 is 0 Å². The number of halogens is 2. The summed E-state index contributed by atoms with van der Waals surface area (Å²) < 4.78 is 0. The normalized spacial score (nSPS) is 15.5. The minimum Gasteiger partial charge on any atom is -0.328 e. The minimum absolute atomic E-state index is 0.0310. The number of carbonyl (C=O) groups is 1. The molecule has 126 valence electrons. The quantitative estimate of drug-likeness (QED) is 0.890. The van der Waals surface area contributed by atoms with Gasteiger partial charge in [-0.3, -0.25) is 4.79 Å². The lowest BCUT2D eigenvalue weighted by molar-refractivity contribution is -0.917. The zero-order chi connectivity index (χ0) is 17.1. The molecule has 0 aliphatic carbocycles. The lowest BCUT2D eigenvalue weighted by Crippen LogP contribution is -3.13. The van der Waals surface area contributed by atoms with Crippen molar-refractivity contribution in [3.8, 4) is 0 Å². The number of hydrogen-bond donors (Lipinski definition) is 1. The number of hydrogen-bond acceptors (Lipinski definition) is 1. The summed E-state index contributed by atoms with van der Waals surface area (Å²) in [5, 5.41) is 0.895. The Bertz CT molecular complexity index is 740. The van der Waals surface area contributed by atoms with Gasteiger partial charge in [0.15, 0.2) is 0 Å². The van der Waals surface area contributed by atoms with Gasteiger partial charge in [-0.1, -0.05) is 47.5 Å². The fourth-order valence-corrected chi connectivity index (χ4v) is 3.39. The first kappa shape index (κ1) is 17.3. The fraction of sp³-hybridized carbons (Fsp3) is 0.316. The third-order valence-corrected chi connectivity index (χ3v) is 5.37. The molecule has 1 amide bonds. The van der Waals surface area contributed by atoms with Gasteiger partial charge in [0.1, 0.15) is 6.54 Å². The SMILES string of the molecule is Cc1ccccc1C[NH+]1CCN(C(=O)c2ccc(Cl)c(Cl)c2)CC1. The van der Waals surface area contributed by atoms with Crippen molar-refractivity contribution in [1.82, 2.24) is 4.90 Å². The number of amides is 1. The highest BCUT2D eigenvalue weighted by molar-refractivity contribution is 6.42. The second-order valence-electron chi connectivity index (χ2n) is 6.27. The van der Waals surface area contributed by atoms with Gasteiger partial charge in [-0.25, -0.2) is 0 Å². The highest BCUT2D eigenvalue weighted by Gasteiger charge is 2.25. The molecule has 24 heavy (non-hydrogen) atoms. The lowest BCUT2D eigenvalue weighted by atomic mass is 10.1. The van der Waals surface area contributed by atoms with E-state index in [0.717, 1.165) is 32.7 Å². The molecule has 0 unspecified atom stereocenters. The Labute approximate surface area is 152 Å². The van der Waals surface area contributed by atoms with Gasteiger partial charge in [0.25, 0.3) is 5.91 Å². The molecule has 1 fully saturated rings. The first-order chi connectivity index (χ1) is 11.5. The highest BCUT2D eigenvalue weighted by atomic mass is 35.5. The summed E-state index contributed by atoms with van der Waals surface area (Å²) in [6.45, 7) is 6.61. The number of nitrogens with zero attached hydrogens (tertiary/aromatic N) is 1. The van der Waals surface area contributed by atoms with Crippen molar-refractivity contribution in [2.24, 2.45) is 0 Å². The summed E-state index contributed by atoms with van der Waals surface area (Å²) in [4.78, 5) is 16.0. The van der Waals surface area contributed by atoms with Crippen LogP contribution in [-0.4, -0.2) is 37.0 Å². The average molecular weight is 364 g/mol. The van der Waals surface area contributed by atoms with Crippen LogP contribution >= 0.6 is 23.2 Å². The zero-order valence-corrected chi connectivity index (χ0v) is 15.2. The molecule has 2 aromatic rings. The van der Waals surface area contributed by atoms with Gasteiger partial charge in [-0.2, -0.15) is 0 Å². The Morgan fingerprint density at radius 2 is 1.79 bits per heavy atom. The molecule has 2 aromatic carbocycles. The molecule has 5 heteroatoms. The average Bonchev–Trinajstić information content (AvgIpc) is 2.59. The molecule has 1 saturated heterocycles. The number of aryl methyl sites for hydroxylation is 1. The van der Waals surface area contributed by atoms with E-state index in [-0.39, 0.29) is 5.91 Å². The molecule has 0 radical (unpaired) electrons. The van der Waals surface area contributed by atoms with E-state index in [1.165, 1.54) is 16.0 Å². The summed E-state index contributed by atoms with van der Waals surface area (Å²) in [5.41, 5.74) is 3.32. The minimum atomic E-state index is 0.0310. The number of carbonyl (C=O) groups excluding carboxylic acids is 1. The van der Waals surface area contributed by atoms with Gasteiger partial charge in [0.2, 0.25) is 0 Å². The number of quaternary nitrogens is 1. The Hall–Kier alpha value is -1.55. The molecule has 3 rings (SSSR count). The highest BCUT2D eigenvalue weighted by Crippen LogP contribution is 2.23. The fourth-order valence-electron chi connectivity index (χ4n) is 3.09. The molecule has 3 nitrogen and oxygen atoms in total. The predicted molar refractivity (Wildman–Crippen MR) is 97.9 cm³/mol. The molecule has 0 spiro atoms. The van der Waals surface area contributed by atoms with Gasteiger partial charge in [0, 0.05) is 11.1 Å². The van der Waals surface area contributed by atoms with E-state index in [1.54, 1.807) is 18.2 Å². The van der Waals surface area contributed by atoms with Crippen LogP contribution < -0.4 is 4.90 Å². The molecule has 0 atom stereocenters. The van der Waals surface area contributed by atoms with Crippen molar-refractivity contribution in [2.75, 3.05) is 26.2 Å². The molecule has 1 aliphatic heterocycles.